The first-order chi connectivity index (χ1) is 13.1. The molecular weight excluding hydrogens is 354 g/mol. The Morgan fingerprint density at radius 1 is 1.04 bits per heavy atom. The molecule has 0 radical (unpaired) electrons. The molecule has 1 aliphatic rings. The number of aryl methyl sites for hydroxylation is 1. The summed E-state index contributed by atoms with van der Waals surface area (Å²) >= 11 is 6.19. The second-order valence-electron chi connectivity index (χ2n) is 7.50. The molecule has 0 amide bonds. The van der Waals surface area contributed by atoms with E-state index in [2.05, 4.69) is 36.4 Å². The Morgan fingerprint density at radius 2 is 1.81 bits per heavy atom. The molecule has 1 aromatic heterocycles. The summed E-state index contributed by atoms with van der Waals surface area (Å²) in [5, 5.41) is 10.3. The number of hydrogen-bond acceptors (Lipinski definition) is 2. The largest absolute Gasteiger partial charge is 0.393 e. The van der Waals surface area contributed by atoms with E-state index in [0.29, 0.717) is 6.42 Å². The van der Waals surface area contributed by atoms with Gasteiger partial charge in [-0.25, -0.2) is 0 Å². The van der Waals surface area contributed by atoms with Gasteiger partial charge in [0.05, 0.1) is 11.8 Å². The van der Waals surface area contributed by atoms with Crippen LogP contribution in [0.4, 0.5) is 0 Å². The molecule has 1 aliphatic carbocycles. The van der Waals surface area contributed by atoms with Gasteiger partial charge in [-0.1, -0.05) is 48.0 Å². The quantitative estimate of drug-likeness (QED) is 0.645. The maximum atomic E-state index is 9.56. The summed E-state index contributed by atoms with van der Waals surface area (Å²) in [7, 11) is 0. The van der Waals surface area contributed by atoms with Crippen molar-refractivity contribution in [3.63, 3.8) is 0 Å². The number of aliphatic hydroxyl groups is 1. The summed E-state index contributed by atoms with van der Waals surface area (Å²) < 4.78 is 0. The summed E-state index contributed by atoms with van der Waals surface area (Å²) in [5.41, 5.74) is 8.59. The highest BCUT2D eigenvalue weighted by molar-refractivity contribution is 6.30. The molecule has 2 nitrogen and oxygen atoms in total. The van der Waals surface area contributed by atoms with Crippen LogP contribution < -0.4 is 0 Å². The lowest BCUT2D eigenvalue weighted by Gasteiger charge is -2.13. The molecule has 3 aromatic rings. The van der Waals surface area contributed by atoms with E-state index in [1.807, 2.05) is 25.1 Å². The van der Waals surface area contributed by atoms with Crippen molar-refractivity contribution in [2.45, 2.75) is 45.1 Å². The molecule has 0 saturated carbocycles. The molecule has 3 heteroatoms. The molecule has 0 bridgehead atoms. The van der Waals surface area contributed by atoms with Gasteiger partial charge in [0.1, 0.15) is 0 Å². The Morgan fingerprint density at radius 3 is 2.56 bits per heavy atom. The number of hydrogen-bond donors (Lipinski definition) is 1. The number of rotatable bonds is 5. The smallest absolute Gasteiger partial charge is 0.0708 e. The highest BCUT2D eigenvalue weighted by Crippen LogP contribution is 2.31. The molecule has 2 aromatic carbocycles. The molecule has 0 spiro atoms. The van der Waals surface area contributed by atoms with Gasteiger partial charge in [-0.3, -0.25) is 4.98 Å². The number of benzene rings is 2. The fourth-order valence-electron chi connectivity index (χ4n) is 3.93. The lowest BCUT2D eigenvalue weighted by Crippen LogP contribution is -2.04. The highest BCUT2D eigenvalue weighted by atomic mass is 35.5. The molecule has 4 rings (SSSR count). The van der Waals surface area contributed by atoms with Crippen molar-refractivity contribution in [2.24, 2.45) is 0 Å². The standard InChI is InChI=1S/C24H24ClNO/c1-16(27)12-17-8-10-18(11-9-17)13-20-15-24(19-4-2-5-21(25)14-19)26-23-7-3-6-22(20)23/h2,4-5,8-11,14-16,27H,3,6-7,12-13H2,1H3/t16-/m0/s1. The zero-order valence-electron chi connectivity index (χ0n) is 15.6. The third-order valence-electron chi connectivity index (χ3n) is 5.21. The van der Waals surface area contributed by atoms with Crippen LogP contribution >= 0.6 is 11.6 Å². The van der Waals surface area contributed by atoms with E-state index in [4.69, 9.17) is 16.6 Å². The molecule has 138 valence electrons. The van der Waals surface area contributed by atoms with Crippen molar-refractivity contribution < 1.29 is 5.11 Å². The van der Waals surface area contributed by atoms with E-state index in [-0.39, 0.29) is 6.10 Å². The van der Waals surface area contributed by atoms with E-state index in [9.17, 15) is 5.11 Å². The van der Waals surface area contributed by atoms with Crippen LogP contribution in [0.3, 0.4) is 0 Å². The van der Waals surface area contributed by atoms with Gasteiger partial charge >= 0.3 is 0 Å². The van der Waals surface area contributed by atoms with Gasteiger partial charge in [0, 0.05) is 16.3 Å². The van der Waals surface area contributed by atoms with Gasteiger partial charge in [0.25, 0.3) is 0 Å². The van der Waals surface area contributed by atoms with Crippen LogP contribution in [0.1, 0.15) is 41.3 Å². The predicted octanol–water partition coefficient (Wildman–Crippen LogP) is 5.40. The average molecular weight is 378 g/mol. The molecule has 1 atom stereocenters. The third kappa shape index (κ3) is 4.23. The van der Waals surface area contributed by atoms with Crippen molar-refractivity contribution in [2.75, 3.05) is 0 Å². The Bertz CT molecular complexity index is 947. The molecule has 0 aliphatic heterocycles. The highest BCUT2D eigenvalue weighted by Gasteiger charge is 2.18. The minimum absolute atomic E-state index is 0.306. The lowest BCUT2D eigenvalue weighted by atomic mass is 9.96. The van der Waals surface area contributed by atoms with Crippen LogP contribution in [-0.2, 0) is 25.7 Å². The predicted molar refractivity (Wildman–Crippen MR) is 111 cm³/mol. The maximum Gasteiger partial charge on any atom is 0.0708 e. The van der Waals surface area contributed by atoms with Crippen LogP contribution in [-0.4, -0.2) is 16.2 Å². The summed E-state index contributed by atoms with van der Waals surface area (Å²) in [5.74, 6) is 0. The van der Waals surface area contributed by atoms with Crippen molar-refractivity contribution in [1.82, 2.24) is 4.98 Å². The molecule has 0 fully saturated rings. The average Bonchev–Trinajstić information content (AvgIpc) is 3.12. The van der Waals surface area contributed by atoms with Gasteiger partial charge in [-0.05, 0) is 79.5 Å². The zero-order chi connectivity index (χ0) is 18.8. The van der Waals surface area contributed by atoms with E-state index in [0.717, 1.165) is 35.5 Å². The first kappa shape index (κ1) is 18.2. The van der Waals surface area contributed by atoms with E-state index >= 15 is 0 Å². The number of aliphatic hydroxyl groups excluding tert-OH is 1. The molecular formula is C24H24ClNO. The van der Waals surface area contributed by atoms with Crippen LogP contribution in [0, 0.1) is 0 Å². The van der Waals surface area contributed by atoms with Gasteiger partial charge in [-0.15, -0.1) is 0 Å². The first-order valence-electron chi connectivity index (χ1n) is 9.62. The summed E-state index contributed by atoms with van der Waals surface area (Å²) in [6.45, 7) is 1.82. The molecule has 1 heterocycles. The Labute approximate surface area is 165 Å². The van der Waals surface area contributed by atoms with Crippen molar-refractivity contribution in [3.05, 3.63) is 87.6 Å². The van der Waals surface area contributed by atoms with Crippen molar-refractivity contribution in [1.29, 1.82) is 0 Å². The fraction of sp³-hybridized carbons (Fsp3) is 0.292. The molecule has 0 unspecified atom stereocenters. The lowest BCUT2D eigenvalue weighted by molar-refractivity contribution is 0.195. The van der Waals surface area contributed by atoms with Crippen LogP contribution in [0.25, 0.3) is 11.3 Å². The van der Waals surface area contributed by atoms with Crippen LogP contribution in [0.2, 0.25) is 5.02 Å². The van der Waals surface area contributed by atoms with Crippen molar-refractivity contribution >= 4 is 11.6 Å². The minimum Gasteiger partial charge on any atom is -0.393 e. The second kappa shape index (κ2) is 7.84. The van der Waals surface area contributed by atoms with Gasteiger partial charge in [0.2, 0.25) is 0 Å². The SMILES string of the molecule is C[C@H](O)Cc1ccc(Cc2cc(-c3cccc(Cl)c3)nc3c2CCC3)cc1. The number of halogens is 1. The van der Waals surface area contributed by atoms with Gasteiger partial charge < -0.3 is 5.11 Å². The number of aromatic nitrogens is 1. The second-order valence-corrected chi connectivity index (χ2v) is 7.94. The van der Waals surface area contributed by atoms with Crippen LogP contribution in [0.5, 0.6) is 0 Å². The third-order valence-corrected chi connectivity index (χ3v) is 5.45. The zero-order valence-corrected chi connectivity index (χ0v) is 16.3. The maximum absolute atomic E-state index is 9.56. The Kier molecular flexibility index (Phi) is 5.29. The van der Waals surface area contributed by atoms with E-state index in [1.165, 1.54) is 34.4 Å². The molecule has 1 N–H and O–H groups in total. The molecule has 27 heavy (non-hydrogen) atoms. The van der Waals surface area contributed by atoms with E-state index < -0.39 is 0 Å². The number of fused-ring (bicyclic) bond motifs is 1. The monoisotopic (exact) mass is 377 g/mol. The summed E-state index contributed by atoms with van der Waals surface area (Å²) in [6.07, 6.45) is 4.66. The number of nitrogens with zero attached hydrogens (tertiary/aromatic N) is 1. The number of pyridine rings is 1. The fourth-order valence-corrected chi connectivity index (χ4v) is 4.12. The topological polar surface area (TPSA) is 33.1 Å². The van der Waals surface area contributed by atoms with E-state index in [1.54, 1.807) is 0 Å². The Hall–Kier alpha value is -2.16. The normalized spacial score (nSPS) is 14.2. The van der Waals surface area contributed by atoms with Crippen molar-refractivity contribution in [3.8, 4) is 11.3 Å². The van der Waals surface area contributed by atoms with Crippen LogP contribution in [0.15, 0.2) is 54.6 Å². The summed E-state index contributed by atoms with van der Waals surface area (Å²) in [6, 6.07) is 18.8. The minimum atomic E-state index is -0.306. The summed E-state index contributed by atoms with van der Waals surface area (Å²) in [4.78, 5) is 4.93. The Balaban J connectivity index is 1.66. The first-order valence-corrected chi connectivity index (χ1v) is 10.00. The molecule has 0 saturated heterocycles. The van der Waals surface area contributed by atoms with Gasteiger partial charge in [-0.2, -0.15) is 0 Å². The van der Waals surface area contributed by atoms with Gasteiger partial charge in [0.15, 0.2) is 0 Å².